The Kier molecular flexibility index (Phi) is 6.76. The molecule has 0 aliphatic carbocycles. The number of nitrogens with zero attached hydrogens (tertiary/aromatic N) is 2. The lowest BCUT2D eigenvalue weighted by Crippen LogP contribution is -2.09. The molecule has 4 nitrogen and oxygen atoms in total. The number of benzene rings is 9. The van der Waals surface area contributed by atoms with E-state index in [9.17, 15) is 0 Å². The Balaban J connectivity index is 0.963. The van der Waals surface area contributed by atoms with Gasteiger partial charge in [0.2, 0.25) is 0 Å². The number of furan rings is 2. The molecule has 0 saturated carbocycles. The summed E-state index contributed by atoms with van der Waals surface area (Å²) >= 11 is 1.73. The minimum atomic E-state index is 0.890. The minimum absolute atomic E-state index is 0.890. The molecule has 262 valence electrons. The van der Waals surface area contributed by atoms with Crippen LogP contribution in [0.3, 0.4) is 0 Å². The maximum atomic E-state index is 6.31. The van der Waals surface area contributed by atoms with Gasteiger partial charge in [0.1, 0.15) is 27.3 Å². The molecule has 0 atom stereocenters. The van der Waals surface area contributed by atoms with E-state index in [0.29, 0.717) is 0 Å². The largest absolute Gasteiger partial charge is 0.456 e. The van der Waals surface area contributed by atoms with Crippen LogP contribution in [0.25, 0.3) is 97.3 Å². The Morgan fingerprint density at radius 1 is 0.375 bits per heavy atom. The van der Waals surface area contributed by atoms with Crippen molar-refractivity contribution in [2.24, 2.45) is 0 Å². The van der Waals surface area contributed by atoms with Crippen molar-refractivity contribution in [2.75, 3.05) is 4.90 Å². The van der Waals surface area contributed by atoms with E-state index in [0.717, 1.165) is 98.9 Å². The fourth-order valence-electron chi connectivity index (χ4n) is 8.24. The van der Waals surface area contributed by atoms with Gasteiger partial charge in [-0.15, -0.1) is 11.3 Å². The van der Waals surface area contributed by atoms with Crippen molar-refractivity contribution >= 4 is 104 Å². The molecule has 12 aromatic rings. The number of anilines is 3. The minimum Gasteiger partial charge on any atom is -0.456 e. The Bertz CT molecular complexity index is 3300. The zero-order valence-corrected chi connectivity index (χ0v) is 30.8. The standard InChI is InChI=1S/C51H30N2O2S/c1-4-10-46-41(7-1)43-27-34-19-23-39(25-36(34)29-48(43)54-46)53(40-24-20-35-28-44-42-8-2-5-11-47(42)55-49(44)30-37(35)26-40)38-21-17-32(18-22-38)31-13-15-33(16-14-31)51-52-45-9-3-6-12-50(45)56-51/h1-30H. The second-order valence-electron chi connectivity index (χ2n) is 14.4. The smallest absolute Gasteiger partial charge is 0.136 e. The van der Waals surface area contributed by atoms with Crippen LogP contribution in [-0.2, 0) is 0 Å². The number of fused-ring (bicyclic) bond motifs is 9. The molecule has 0 aliphatic rings. The van der Waals surface area contributed by atoms with Crippen LogP contribution in [0.1, 0.15) is 0 Å². The van der Waals surface area contributed by atoms with Gasteiger partial charge in [0, 0.05) is 44.2 Å². The van der Waals surface area contributed by atoms with Gasteiger partial charge in [-0.05, 0) is 118 Å². The fraction of sp³-hybridized carbons (Fsp3) is 0. The number of rotatable bonds is 5. The first kappa shape index (κ1) is 31.2. The molecule has 0 N–H and O–H groups in total. The van der Waals surface area contributed by atoms with E-state index in [1.807, 2.05) is 30.3 Å². The molecular weight excluding hydrogens is 705 g/mol. The number of hydrogen-bond donors (Lipinski definition) is 0. The predicted octanol–water partition coefficient (Wildman–Crippen LogP) is 15.2. The van der Waals surface area contributed by atoms with E-state index in [-0.39, 0.29) is 0 Å². The van der Waals surface area contributed by atoms with Gasteiger partial charge in [0.05, 0.1) is 10.2 Å². The highest BCUT2D eigenvalue weighted by Crippen LogP contribution is 2.41. The highest BCUT2D eigenvalue weighted by Gasteiger charge is 2.17. The maximum Gasteiger partial charge on any atom is 0.136 e. The summed E-state index contributed by atoms with van der Waals surface area (Å²) in [5.41, 5.74) is 11.3. The van der Waals surface area contributed by atoms with Crippen molar-refractivity contribution in [1.82, 2.24) is 4.98 Å². The lowest BCUT2D eigenvalue weighted by molar-refractivity contribution is 0.669. The SMILES string of the molecule is c1ccc2sc(-c3ccc(-c4ccc(N(c5ccc6cc7c(cc6c5)oc5ccccc57)c5ccc6cc7c(cc6c5)oc5ccccc57)cc4)cc3)nc2c1. The number of hydrogen-bond acceptors (Lipinski definition) is 5. The predicted molar refractivity (Wildman–Crippen MR) is 235 cm³/mol. The van der Waals surface area contributed by atoms with Crippen LogP contribution in [0.2, 0.25) is 0 Å². The highest BCUT2D eigenvalue weighted by molar-refractivity contribution is 7.21. The second kappa shape index (κ2) is 12.2. The van der Waals surface area contributed by atoms with Crippen molar-refractivity contribution in [3.8, 4) is 21.7 Å². The Morgan fingerprint density at radius 3 is 1.46 bits per heavy atom. The van der Waals surface area contributed by atoms with Gasteiger partial charge in [-0.3, -0.25) is 0 Å². The molecule has 5 heteroatoms. The average molecular weight is 735 g/mol. The highest BCUT2D eigenvalue weighted by atomic mass is 32.1. The van der Waals surface area contributed by atoms with Crippen molar-refractivity contribution < 1.29 is 8.83 Å². The van der Waals surface area contributed by atoms with Gasteiger partial charge in [-0.25, -0.2) is 4.98 Å². The van der Waals surface area contributed by atoms with Crippen LogP contribution < -0.4 is 4.90 Å². The maximum absolute atomic E-state index is 6.31. The summed E-state index contributed by atoms with van der Waals surface area (Å²) in [5, 5.41) is 10.2. The van der Waals surface area contributed by atoms with Gasteiger partial charge in [0.15, 0.2) is 0 Å². The van der Waals surface area contributed by atoms with E-state index in [2.05, 4.69) is 157 Å². The van der Waals surface area contributed by atoms with E-state index in [1.165, 1.54) is 15.5 Å². The summed E-state index contributed by atoms with van der Waals surface area (Å²) < 4.78 is 13.8. The van der Waals surface area contributed by atoms with Crippen LogP contribution in [0.4, 0.5) is 17.1 Å². The topological polar surface area (TPSA) is 42.4 Å². The fourth-order valence-corrected chi connectivity index (χ4v) is 9.21. The third-order valence-electron chi connectivity index (χ3n) is 11.0. The number of thiazole rings is 1. The summed E-state index contributed by atoms with van der Waals surface area (Å²) in [6.45, 7) is 0. The first-order valence-electron chi connectivity index (χ1n) is 18.8. The summed E-state index contributed by atoms with van der Waals surface area (Å²) in [6, 6.07) is 64.7. The summed E-state index contributed by atoms with van der Waals surface area (Å²) in [4.78, 5) is 7.20. The molecule has 0 amide bonds. The van der Waals surface area contributed by atoms with E-state index >= 15 is 0 Å². The van der Waals surface area contributed by atoms with Gasteiger partial charge in [0.25, 0.3) is 0 Å². The van der Waals surface area contributed by atoms with E-state index < -0.39 is 0 Å². The molecule has 0 aliphatic heterocycles. The van der Waals surface area contributed by atoms with E-state index in [1.54, 1.807) is 11.3 Å². The summed E-state index contributed by atoms with van der Waals surface area (Å²) in [5.74, 6) is 0. The monoisotopic (exact) mass is 734 g/mol. The molecule has 0 fully saturated rings. The second-order valence-corrected chi connectivity index (χ2v) is 15.4. The van der Waals surface area contributed by atoms with Gasteiger partial charge in [-0.1, -0.05) is 97.1 Å². The van der Waals surface area contributed by atoms with Crippen LogP contribution in [0.15, 0.2) is 191 Å². The first-order valence-corrected chi connectivity index (χ1v) is 19.6. The van der Waals surface area contributed by atoms with Crippen LogP contribution >= 0.6 is 11.3 Å². The molecule has 9 aromatic carbocycles. The molecule has 0 spiro atoms. The lowest BCUT2D eigenvalue weighted by atomic mass is 10.0. The van der Waals surface area contributed by atoms with E-state index in [4.69, 9.17) is 13.8 Å². The van der Waals surface area contributed by atoms with Crippen molar-refractivity contribution in [1.29, 1.82) is 0 Å². The normalized spacial score (nSPS) is 11.9. The molecule has 3 heterocycles. The van der Waals surface area contributed by atoms with Gasteiger partial charge >= 0.3 is 0 Å². The molecular formula is C51H30N2O2S. The molecule has 0 radical (unpaired) electrons. The van der Waals surface area contributed by atoms with Crippen molar-refractivity contribution in [2.45, 2.75) is 0 Å². The molecule has 0 saturated heterocycles. The number of aromatic nitrogens is 1. The summed E-state index contributed by atoms with van der Waals surface area (Å²) in [7, 11) is 0. The quantitative estimate of drug-likeness (QED) is 0.177. The van der Waals surface area contributed by atoms with Crippen LogP contribution in [-0.4, -0.2) is 4.98 Å². The third-order valence-corrected chi connectivity index (χ3v) is 12.1. The molecule has 0 unspecified atom stereocenters. The lowest BCUT2D eigenvalue weighted by Gasteiger charge is -2.26. The third kappa shape index (κ3) is 5.02. The zero-order valence-electron chi connectivity index (χ0n) is 29.9. The number of para-hydroxylation sites is 3. The molecule has 0 bridgehead atoms. The Hall–Kier alpha value is -7.21. The van der Waals surface area contributed by atoms with Crippen LogP contribution in [0.5, 0.6) is 0 Å². The average Bonchev–Trinajstić information content (AvgIpc) is 3.95. The molecule has 3 aromatic heterocycles. The first-order chi connectivity index (χ1) is 27.7. The Labute approximate surface area is 325 Å². The van der Waals surface area contributed by atoms with Crippen molar-refractivity contribution in [3.05, 3.63) is 182 Å². The molecule has 56 heavy (non-hydrogen) atoms. The summed E-state index contributed by atoms with van der Waals surface area (Å²) in [6.07, 6.45) is 0. The Morgan fingerprint density at radius 2 is 0.875 bits per heavy atom. The molecule has 12 rings (SSSR count). The van der Waals surface area contributed by atoms with Gasteiger partial charge < -0.3 is 13.7 Å². The van der Waals surface area contributed by atoms with Crippen LogP contribution in [0, 0.1) is 0 Å². The van der Waals surface area contributed by atoms with Gasteiger partial charge in [-0.2, -0.15) is 0 Å². The van der Waals surface area contributed by atoms with Crippen molar-refractivity contribution in [3.63, 3.8) is 0 Å². The zero-order chi connectivity index (χ0) is 36.7.